The molecule has 0 spiro atoms. The monoisotopic (exact) mass is 239 g/mol. The van der Waals surface area contributed by atoms with E-state index in [2.05, 4.69) is 16.3 Å². The number of carbonyl (C=O) groups is 1. The van der Waals surface area contributed by atoms with Crippen molar-refractivity contribution in [3.63, 3.8) is 0 Å². The Labute approximate surface area is 103 Å². The van der Waals surface area contributed by atoms with Crippen LogP contribution in [0.25, 0.3) is 0 Å². The molecule has 5 nitrogen and oxygen atoms in total. The minimum atomic E-state index is -0.186. The maximum absolute atomic E-state index is 11.9. The molecule has 1 unspecified atom stereocenters. The molecular formula is C12H21N3O2. The molecule has 1 rings (SSSR count). The molecule has 0 bridgehead atoms. The van der Waals surface area contributed by atoms with Crippen LogP contribution in [-0.2, 0) is 9.53 Å². The Morgan fingerprint density at radius 3 is 3.18 bits per heavy atom. The number of nitrogens with one attached hydrogen (secondary N) is 1. The van der Waals surface area contributed by atoms with Crippen molar-refractivity contribution in [1.29, 1.82) is 5.26 Å². The van der Waals surface area contributed by atoms with Gasteiger partial charge in [0.1, 0.15) is 6.04 Å². The minimum Gasteiger partial charge on any atom is -0.378 e. The average molecular weight is 239 g/mol. The summed E-state index contributed by atoms with van der Waals surface area (Å²) in [6.45, 7) is 5.44. The zero-order valence-electron chi connectivity index (χ0n) is 10.4. The summed E-state index contributed by atoms with van der Waals surface area (Å²) in [4.78, 5) is 14.0. The van der Waals surface area contributed by atoms with Crippen LogP contribution >= 0.6 is 0 Å². The third-order valence-corrected chi connectivity index (χ3v) is 2.83. The molecule has 1 saturated heterocycles. The molecule has 0 aromatic carbocycles. The van der Waals surface area contributed by atoms with E-state index in [1.807, 2.05) is 6.92 Å². The quantitative estimate of drug-likeness (QED) is 0.686. The minimum absolute atomic E-state index is 0.0449. The summed E-state index contributed by atoms with van der Waals surface area (Å²) in [5, 5.41) is 11.4. The summed E-state index contributed by atoms with van der Waals surface area (Å²) in [6, 6.07) is 1.94. The first kappa shape index (κ1) is 13.9. The molecule has 1 aliphatic heterocycles. The molecule has 1 amide bonds. The lowest BCUT2D eigenvalue weighted by atomic mass is 10.2. The van der Waals surface area contributed by atoms with Crippen molar-refractivity contribution in [3.05, 3.63) is 0 Å². The Balaban J connectivity index is 2.41. The molecule has 17 heavy (non-hydrogen) atoms. The summed E-state index contributed by atoms with van der Waals surface area (Å²) in [7, 11) is 0. The Bertz CT molecular complexity index is 275. The summed E-state index contributed by atoms with van der Waals surface area (Å²) in [5.41, 5.74) is 0. The van der Waals surface area contributed by atoms with Gasteiger partial charge in [-0.15, -0.1) is 0 Å². The first-order valence-corrected chi connectivity index (χ1v) is 6.26. The van der Waals surface area contributed by atoms with Gasteiger partial charge >= 0.3 is 0 Å². The van der Waals surface area contributed by atoms with E-state index in [4.69, 9.17) is 10.00 Å². The van der Waals surface area contributed by atoms with Gasteiger partial charge in [0.05, 0.1) is 19.3 Å². The predicted molar refractivity (Wildman–Crippen MR) is 64.3 cm³/mol. The Morgan fingerprint density at radius 1 is 1.65 bits per heavy atom. The normalized spacial score (nSPS) is 20.8. The Hall–Kier alpha value is -1.12. The third-order valence-electron chi connectivity index (χ3n) is 2.83. The van der Waals surface area contributed by atoms with E-state index in [0.717, 1.165) is 25.9 Å². The van der Waals surface area contributed by atoms with Crippen LogP contribution < -0.4 is 5.32 Å². The first-order valence-electron chi connectivity index (χ1n) is 6.26. The van der Waals surface area contributed by atoms with Crippen LogP contribution in [0.2, 0.25) is 0 Å². The number of carbonyl (C=O) groups excluding carboxylic acids is 1. The molecule has 1 atom stereocenters. The van der Waals surface area contributed by atoms with E-state index in [0.29, 0.717) is 26.2 Å². The van der Waals surface area contributed by atoms with Gasteiger partial charge in [-0.3, -0.25) is 9.69 Å². The van der Waals surface area contributed by atoms with Crippen LogP contribution in [-0.4, -0.2) is 49.7 Å². The largest absolute Gasteiger partial charge is 0.378 e. The fourth-order valence-electron chi connectivity index (χ4n) is 1.87. The topological polar surface area (TPSA) is 65.4 Å². The smallest absolute Gasteiger partial charge is 0.239 e. The van der Waals surface area contributed by atoms with Crippen molar-refractivity contribution in [1.82, 2.24) is 10.2 Å². The molecule has 1 heterocycles. The second-order valence-corrected chi connectivity index (χ2v) is 4.18. The van der Waals surface area contributed by atoms with Crippen molar-refractivity contribution in [2.75, 3.05) is 32.8 Å². The van der Waals surface area contributed by atoms with Crippen LogP contribution in [0.15, 0.2) is 0 Å². The molecule has 0 aromatic heterocycles. The maximum atomic E-state index is 11.9. The molecule has 0 aromatic rings. The van der Waals surface area contributed by atoms with Crippen LogP contribution in [0.5, 0.6) is 0 Å². The highest BCUT2D eigenvalue weighted by atomic mass is 16.5. The van der Waals surface area contributed by atoms with Gasteiger partial charge in [-0.1, -0.05) is 6.92 Å². The highest BCUT2D eigenvalue weighted by Gasteiger charge is 2.28. The van der Waals surface area contributed by atoms with Gasteiger partial charge < -0.3 is 10.1 Å². The van der Waals surface area contributed by atoms with Gasteiger partial charge in [0.25, 0.3) is 0 Å². The molecule has 0 radical (unpaired) electrons. The first-order chi connectivity index (χ1) is 8.29. The lowest BCUT2D eigenvalue weighted by Crippen LogP contribution is -2.54. The number of nitrogens with zero attached hydrogens (tertiary/aromatic N) is 2. The Morgan fingerprint density at radius 2 is 2.47 bits per heavy atom. The summed E-state index contributed by atoms with van der Waals surface area (Å²) < 4.78 is 5.35. The number of rotatable bonds is 6. The van der Waals surface area contributed by atoms with Crippen LogP contribution in [0.3, 0.4) is 0 Å². The number of nitriles is 1. The van der Waals surface area contributed by atoms with Gasteiger partial charge in [0.15, 0.2) is 0 Å². The van der Waals surface area contributed by atoms with Crippen molar-refractivity contribution in [2.45, 2.75) is 32.2 Å². The van der Waals surface area contributed by atoms with Crippen LogP contribution in [0, 0.1) is 11.3 Å². The molecule has 1 aliphatic rings. The number of hydrogen-bond donors (Lipinski definition) is 1. The number of unbranched alkanes of at least 4 members (excludes halogenated alkanes) is 1. The summed E-state index contributed by atoms with van der Waals surface area (Å²) in [5.74, 6) is 0.0449. The van der Waals surface area contributed by atoms with Gasteiger partial charge in [0, 0.05) is 26.1 Å². The summed E-state index contributed by atoms with van der Waals surface area (Å²) in [6.07, 6.45) is 2.29. The van der Waals surface area contributed by atoms with E-state index < -0.39 is 0 Å². The lowest BCUT2D eigenvalue weighted by Gasteiger charge is -2.34. The third kappa shape index (κ3) is 4.72. The number of hydrogen-bond acceptors (Lipinski definition) is 4. The Kier molecular flexibility index (Phi) is 6.60. The number of ether oxygens (including phenoxy) is 1. The molecular weight excluding hydrogens is 218 g/mol. The predicted octanol–water partition coefficient (Wildman–Crippen LogP) is 0.517. The standard InChI is InChI=1S/C12H21N3O2/c1-2-6-14-12(16)11-10-17-9-8-15(11)7-4-3-5-13/h11H,2-4,6-10H2,1H3,(H,14,16). The molecule has 96 valence electrons. The van der Waals surface area contributed by atoms with E-state index >= 15 is 0 Å². The zero-order chi connectivity index (χ0) is 12.5. The van der Waals surface area contributed by atoms with Gasteiger partial charge in [-0.05, 0) is 12.8 Å². The summed E-state index contributed by atoms with van der Waals surface area (Å²) >= 11 is 0. The molecule has 1 fully saturated rings. The average Bonchev–Trinajstić information content (AvgIpc) is 2.37. The van der Waals surface area contributed by atoms with Crippen molar-refractivity contribution in [2.24, 2.45) is 0 Å². The highest BCUT2D eigenvalue weighted by Crippen LogP contribution is 2.08. The van der Waals surface area contributed by atoms with Crippen molar-refractivity contribution >= 4 is 5.91 Å². The molecule has 1 N–H and O–H groups in total. The van der Waals surface area contributed by atoms with Crippen molar-refractivity contribution in [3.8, 4) is 6.07 Å². The fourth-order valence-corrected chi connectivity index (χ4v) is 1.87. The van der Waals surface area contributed by atoms with Gasteiger partial charge in [-0.2, -0.15) is 5.26 Å². The molecule has 0 saturated carbocycles. The number of morpholine rings is 1. The molecule has 5 heteroatoms. The van der Waals surface area contributed by atoms with E-state index in [1.165, 1.54) is 0 Å². The van der Waals surface area contributed by atoms with E-state index in [1.54, 1.807) is 0 Å². The molecule has 0 aliphatic carbocycles. The zero-order valence-corrected chi connectivity index (χ0v) is 10.4. The van der Waals surface area contributed by atoms with Gasteiger partial charge in [0.2, 0.25) is 5.91 Å². The SMILES string of the molecule is CCCNC(=O)C1COCCN1CCCC#N. The number of amides is 1. The van der Waals surface area contributed by atoms with Crippen LogP contribution in [0.1, 0.15) is 26.2 Å². The van der Waals surface area contributed by atoms with Crippen molar-refractivity contribution < 1.29 is 9.53 Å². The van der Waals surface area contributed by atoms with E-state index in [-0.39, 0.29) is 11.9 Å². The lowest BCUT2D eigenvalue weighted by molar-refractivity contribution is -0.132. The second-order valence-electron chi connectivity index (χ2n) is 4.18. The highest BCUT2D eigenvalue weighted by molar-refractivity contribution is 5.81. The maximum Gasteiger partial charge on any atom is 0.239 e. The van der Waals surface area contributed by atoms with Crippen LogP contribution in [0.4, 0.5) is 0 Å². The fraction of sp³-hybridized carbons (Fsp3) is 0.833. The van der Waals surface area contributed by atoms with Gasteiger partial charge in [-0.25, -0.2) is 0 Å². The van der Waals surface area contributed by atoms with E-state index in [9.17, 15) is 4.79 Å². The second kappa shape index (κ2) is 8.04.